The second kappa shape index (κ2) is 4.19. The highest BCUT2D eigenvalue weighted by molar-refractivity contribution is 9.11. The Morgan fingerprint density at radius 3 is 2.93 bits per heavy atom. The number of hydrogen-bond donors (Lipinski definition) is 1. The molecule has 15 heavy (non-hydrogen) atoms. The maximum Gasteiger partial charge on any atom is 0.170 e. The molecule has 4 nitrogen and oxygen atoms in total. The summed E-state index contributed by atoms with van der Waals surface area (Å²) in [7, 11) is 0. The molecule has 0 saturated carbocycles. The topological polar surface area (TPSA) is 50.4 Å². The zero-order valence-electron chi connectivity index (χ0n) is 7.98. The molecule has 6 heteroatoms. The molecule has 0 aliphatic carbocycles. The van der Waals surface area contributed by atoms with Gasteiger partial charge in [0.25, 0.3) is 0 Å². The van der Waals surface area contributed by atoms with Crippen molar-refractivity contribution in [1.29, 1.82) is 0 Å². The first kappa shape index (κ1) is 11.0. The molecular weight excluding hydrogens is 326 g/mol. The summed E-state index contributed by atoms with van der Waals surface area (Å²) in [6.07, 6.45) is 3.60. The van der Waals surface area contributed by atoms with E-state index in [1.54, 1.807) is 6.20 Å². The van der Waals surface area contributed by atoms with Gasteiger partial charge in [-0.2, -0.15) is 0 Å². The molecule has 0 aliphatic rings. The van der Waals surface area contributed by atoms with E-state index in [-0.39, 0.29) is 12.5 Å². The van der Waals surface area contributed by atoms with Crippen LogP contribution in [0.15, 0.2) is 21.6 Å². The minimum absolute atomic E-state index is 0.0567. The Bertz CT molecular complexity index is 497. The number of fused-ring (bicyclic) bond motifs is 1. The zero-order valence-corrected chi connectivity index (χ0v) is 11.2. The molecule has 80 valence electrons. The van der Waals surface area contributed by atoms with Gasteiger partial charge in [0.1, 0.15) is 4.60 Å². The summed E-state index contributed by atoms with van der Waals surface area (Å²) in [5, 5.41) is 9.12. The molecular formula is C9H9Br2N3O. The molecule has 0 aliphatic heterocycles. The molecule has 2 rings (SSSR count). The number of halogens is 2. The van der Waals surface area contributed by atoms with E-state index in [1.165, 1.54) is 0 Å². The van der Waals surface area contributed by atoms with Gasteiger partial charge in [0, 0.05) is 24.0 Å². The molecule has 1 atom stereocenters. The number of aromatic nitrogens is 3. The van der Waals surface area contributed by atoms with Crippen molar-refractivity contribution in [3.63, 3.8) is 0 Å². The van der Waals surface area contributed by atoms with Crippen LogP contribution in [-0.2, 0) is 0 Å². The normalized spacial score (nSPS) is 13.3. The fourth-order valence-corrected chi connectivity index (χ4v) is 2.50. The lowest BCUT2D eigenvalue weighted by atomic mass is 10.1. The molecule has 0 bridgehead atoms. The highest BCUT2D eigenvalue weighted by Gasteiger charge is 2.13. The maximum atomic E-state index is 9.12. The first-order valence-corrected chi connectivity index (χ1v) is 6.02. The van der Waals surface area contributed by atoms with Crippen molar-refractivity contribution in [2.75, 3.05) is 6.61 Å². The lowest BCUT2D eigenvalue weighted by Crippen LogP contribution is -2.03. The number of aliphatic hydroxyl groups is 1. The Kier molecular flexibility index (Phi) is 3.08. The predicted molar refractivity (Wildman–Crippen MR) is 63.9 cm³/mol. The molecule has 0 radical (unpaired) electrons. The van der Waals surface area contributed by atoms with Crippen LogP contribution in [0.4, 0.5) is 0 Å². The fraction of sp³-hybridized carbons (Fsp3) is 0.333. The number of imidazole rings is 1. The van der Waals surface area contributed by atoms with E-state index in [0.29, 0.717) is 4.60 Å². The van der Waals surface area contributed by atoms with Crippen LogP contribution in [0.5, 0.6) is 0 Å². The minimum atomic E-state index is 0.0567. The van der Waals surface area contributed by atoms with Crippen LogP contribution in [0.1, 0.15) is 18.5 Å². The molecule has 0 spiro atoms. The fourth-order valence-electron chi connectivity index (χ4n) is 1.40. The Labute approximate surface area is 104 Å². The predicted octanol–water partition coefficient (Wildman–Crippen LogP) is 2.35. The third-order valence-electron chi connectivity index (χ3n) is 2.23. The van der Waals surface area contributed by atoms with E-state index in [4.69, 9.17) is 5.11 Å². The number of aliphatic hydroxyl groups excluding tert-OH is 1. The first-order valence-electron chi connectivity index (χ1n) is 4.43. The minimum Gasteiger partial charge on any atom is -0.396 e. The Balaban J connectivity index is 2.68. The van der Waals surface area contributed by atoms with E-state index in [2.05, 4.69) is 41.8 Å². The van der Waals surface area contributed by atoms with Gasteiger partial charge in [-0.25, -0.2) is 9.97 Å². The second-order valence-electron chi connectivity index (χ2n) is 3.31. The summed E-state index contributed by atoms with van der Waals surface area (Å²) in [5.74, 6) is 0.0567. The molecule has 0 amide bonds. The van der Waals surface area contributed by atoms with Crippen LogP contribution in [0, 0.1) is 0 Å². The first-order chi connectivity index (χ1) is 7.13. The third-order valence-corrected chi connectivity index (χ3v) is 3.14. The van der Waals surface area contributed by atoms with Crippen molar-refractivity contribution in [2.24, 2.45) is 0 Å². The molecule has 2 aromatic rings. The van der Waals surface area contributed by atoms with E-state index >= 15 is 0 Å². The van der Waals surface area contributed by atoms with Crippen molar-refractivity contribution in [3.8, 4) is 0 Å². The SMILES string of the molecule is CC(CO)c1cnc2c(Br)nc(Br)cn12. The van der Waals surface area contributed by atoms with Gasteiger partial charge in [0.2, 0.25) is 0 Å². The van der Waals surface area contributed by atoms with Gasteiger partial charge in [-0.05, 0) is 31.9 Å². The summed E-state index contributed by atoms with van der Waals surface area (Å²) >= 11 is 6.67. The highest BCUT2D eigenvalue weighted by Crippen LogP contribution is 2.23. The zero-order chi connectivity index (χ0) is 11.0. The van der Waals surface area contributed by atoms with Crippen LogP contribution >= 0.6 is 31.9 Å². The van der Waals surface area contributed by atoms with Crippen molar-refractivity contribution >= 4 is 37.5 Å². The van der Waals surface area contributed by atoms with E-state index in [0.717, 1.165) is 15.9 Å². The average Bonchev–Trinajstić information content (AvgIpc) is 2.60. The molecule has 0 fully saturated rings. The van der Waals surface area contributed by atoms with Gasteiger partial charge in [-0.1, -0.05) is 6.92 Å². The molecule has 0 saturated heterocycles. The molecule has 1 unspecified atom stereocenters. The summed E-state index contributed by atoms with van der Waals surface area (Å²) in [5.41, 5.74) is 1.73. The Morgan fingerprint density at radius 2 is 2.27 bits per heavy atom. The van der Waals surface area contributed by atoms with Crippen LogP contribution in [0.25, 0.3) is 5.65 Å². The molecule has 2 heterocycles. The van der Waals surface area contributed by atoms with Crippen LogP contribution in [0.2, 0.25) is 0 Å². The smallest absolute Gasteiger partial charge is 0.170 e. The van der Waals surface area contributed by atoms with E-state index in [9.17, 15) is 0 Å². The Morgan fingerprint density at radius 1 is 1.53 bits per heavy atom. The Hall–Kier alpha value is -0.460. The maximum absolute atomic E-state index is 9.12. The summed E-state index contributed by atoms with van der Waals surface area (Å²) in [6.45, 7) is 2.05. The van der Waals surface area contributed by atoms with Crippen LogP contribution in [-0.4, -0.2) is 26.1 Å². The molecule has 1 N–H and O–H groups in total. The van der Waals surface area contributed by atoms with E-state index in [1.807, 2.05) is 17.5 Å². The number of nitrogens with zero attached hydrogens (tertiary/aromatic N) is 3. The van der Waals surface area contributed by atoms with Gasteiger partial charge in [-0.15, -0.1) is 0 Å². The van der Waals surface area contributed by atoms with Crippen molar-refractivity contribution in [2.45, 2.75) is 12.8 Å². The molecule has 0 aromatic carbocycles. The summed E-state index contributed by atoms with van der Waals surface area (Å²) in [6, 6.07) is 0. The average molecular weight is 335 g/mol. The van der Waals surface area contributed by atoms with E-state index < -0.39 is 0 Å². The van der Waals surface area contributed by atoms with Gasteiger partial charge >= 0.3 is 0 Å². The lowest BCUT2D eigenvalue weighted by Gasteiger charge is -2.07. The number of hydrogen-bond acceptors (Lipinski definition) is 3. The highest BCUT2D eigenvalue weighted by atomic mass is 79.9. The summed E-state index contributed by atoms with van der Waals surface area (Å²) in [4.78, 5) is 8.44. The summed E-state index contributed by atoms with van der Waals surface area (Å²) < 4.78 is 3.33. The van der Waals surface area contributed by atoms with Gasteiger partial charge in [-0.3, -0.25) is 4.40 Å². The number of rotatable bonds is 2. The largest absolute Gasteiger partial charge is 0.396 e. The standard InChI is InChI=1S/C9H9Br2N3O/c1-5(4-15)6-2-12-9-8(11)13-7(10)3-14(6)9/h2-3,5,15H,4H2,1H3. The van der Waals surface area contributed by atoms with Crippen LogP contribution < -0.4 is 0 Å². The monoisotopic (exact) mass is 333 g/mol. The third kappa shape index (κ3) is 1.93. The van der Waals surface area contributed by atoms with Gasteiger partial charge in [0.05, 0.1) is 6.61 Å². The second-order valence-corrected chi connectivity index (χ2v) is 4.88. The van der Waals surface area contributed by atoms with Crippen molar-refractivity contribution in [3.05, 3.63) is 27.3 Å². The lowest BCUT2D eigenvalue weighted by molar-refractivity contribution is 0.270. The van der Waals surface area contributed by atoms with Crippen LogP contribution in [0.3, 0.4) is 0 Å². The van der Waals surface area contributed by atoms with Crippen molar-refractivity contribution < 1.29 is 5.11 Å². The molecule has 2 aromatic heterocycles. The van der Waals surface area contributed by atoms with Crippen molar-refractivity contribution in [1.82, 2.24) is 14.4 Å². The quantitative estimate of drug-likeness (QED) is 0.917. The van der Waals surface area contributed by atoms with Gasteiger partial charge < -0.3 is 5.11 Å². The van der Waals surface area contributed by atoms with Gasteiger partial charge in [0.15, 0.2) is 10.3 Å².